The van der Waals surface area contributed by atoms with Crippen molar-refractivity contribution >= 4 is 43.9 Å². The molecule has 0 unspecified atom stereocenters. The predicted octanol–water partition coefficient (Wildman–Crippen LogP) is 4.50. The molecule has 0 bridgehead atoms. The first kappa shape index (κ1) is 14.7. The number of rotatable bonds is 4. The fourth-order valence-corrected chi connectivity index (χ4v) is 4.85. The number of hydrogen-bond acceptors (Lipinski definition) is 5. The molecule has 1 amide bonds. The third kappa shape index (κ3) is 2.84. The number of hydrogen-bond donors (Lipinski definition) is 1. The lowest BCUT2D eigenvalue weighted by Gasteiger charge is -2.00. The smallest absolute Gasteiger partial charge is 0.267 e. The van der Waals surface area contributed by atoms with Gasteiger partial charge in [0.15, 0.2) is 5.13 Å². The summed E-state index contributed by atoms with van der Waals surface area (Å²) < 4.78 is 6.52. The zero-order chi connectivity index (χ0) is 15.8. The van der Waals surface area contributed by atoms with E-state index in [1.165, 1.54) is 28.2 Å². The number of thiophene rings is 1. The summed E-state index contributed by atoms with van der Waals surface area (Å²) in [4.78, 5) is 19.0. The predicted molar refractivity (Wildman–Crippen MR) is 95.1 cm³/mol. The van der Waals surface area contributed by atoms with Gasteiger partial charge in [0.2, 0.25) is 0 Å². The highest BCUT2D eigenvalue weighted by molar-refractivity contribution is 7.22. The molecule has 0 saturated heterocycles. The largest absolute Gasteiger partial charge is 0.494 e. The van der Waals surface area contributed by atoms with Crippen LogP contribution in [0.1, 0.15) is 33.5 Å². The van der Waals surface area contributed by atoms with Crippen molar-refractivity contribution in [3.05, 3.63) is 39.6 Å². The average molecular weight is 344 g/mol. The molecule has 23 heavy (non-hydrogen) atoms. The van der Waals surface area contributed by atoms with Gasteiger partial charge in [0.25, 0.3) is 5.91 Å². The maximum Gasteiger partial charge on any atom is 0.267 e. The Morgan fingerprint density at radius 1 is 1.30 bits per heavy atom. The van der Waals surface area contributed by atoms with Gasteiger partial charge in [-0.25, -0.2) is 4.98 Å². The van der Waals surface area contributed by atoms with Gasteiger partial charge in [-0.3, -0.25) is 10.1 Å². The number of amides is 1. The van der Waals surface area contributed by atoms with Crippen LogP contribution in [0, 0.1) is 0 Å². The van der Waals surface area contributed by atoms with Gasteiger partial charge in [-0.15, -0.1) is 11.3 Å². The van der Waals surface area contributed by atoms with Crippen LogP contribution in [0.5, 0.6) is 5.75 Å². The van der Waals surface area contributed by atoms with E-state index in [4.69, 9.17) is 4.74 Å². The molecule has 0 spiro atoms. The number of thiazole rings is 1. The van der Waals surface area contributed by atoms with Gasteiger partial charge >= 0.3 is 0 Å². The Kier molecular flexibility index (Phi) is 3.79. The molecule has 6 heteroatoms. The molecule has 1 aliphatic rings. The maximum atomic E-state index is 12.4. The standard InChI is InChI=1S/C17H16N2O2S2/c1-2-21-11-6-7-12-14(9-11)23-17(18-12)19-16(20)15-8-10-4-3-5-13(10)22-15/h6-9H,2-5H2,1H3,(H,18,19,20). The molecule has 2 heterocycles. The zero-order valence-electron chi connectivity index (χ0n) is 12.7. The Hall–Kier alpha value is -1.92. The molecule has 0 aliphatic heterocycles. The van der Waals surface area contributed by atoms with E-state index in [1.54, 1.807) is 11.3 Å². The number of ether oxygens (including phenoxy) is 1. The molecule has 0 saturated carbocycles. The van der Waals surface area contributed by atoms with Crippen LogP contribution in [0.2, 0.25) is 0 Å². The first-order valence-corrected chi connectivity index (χ1v) is 9.32. The number of nitrogens with one attached hydrogen (secondary N) is 1. The van der Waals surface area contributed by atoms with Crippen molar-refractivity contribution < 1.29 is 9.53 Å². The summed E-state index contributed by atoms with van der Waals surface area (Å²) in [6.45, 7) is 2.60. The molecule has 4 nitrogen and oxygen atoms in total. The lowest BCUT2D eigenvalue weighted by Crippen LogP contribution is -2.09. The molecule has 2 aromatic heterocycles. The lowest BCUT2D eigenvalue weighted by atomic mass is 10.2. The number of nitrogens with zero attached hydrogens (tertiary/aromatic N) is 1. The van der Waals surface area contributed by atoms with E-state index in [0.29, 0.717) is 11.7 Å². The van der Waals surface area contributed by atoms with Crippen LogP contribution in [0.3, 0.4) is 0 Å². The van der Waals surface area contributed by atoms with E-state index in [-0.39, 0.29) is 5.91 Å². The Bertz CT molecular complexity index is 860. The second-order valence-electron chi connectivity index (χ2n) is 5.45. The highest BCUT2D eigenvalue weighted by atomic mass is 32.1. The van der Waals surface area contributed by atoms with Crippen molar-refractivity contribution in [3.63, 3.8) is 0 Å². The summed E-state index contributed by atoms with van der Waals surface area (Å²) in [6, 6.07) is 7.82. The van der Waals surface area contributed by atoms with Gasteiger partial charge in [0.1, 0.15) is 5.75 Å². The minimum atomic E-state index is -0.0616. The molecule has 1 aliphatic carbocycles. The Morgan fingerprint density at radius 2 is 2.22 bits per heavy atom. The summed E-state index contributed by atoms with van der Waals surface area (Å²) in [5.41, 5.74) is 2.22. The van der Waals surface area contributed by atoms with Crippen LogP contribution < -0.4 is 10.1 Å². The Balaban J connectivity index is 1.55. The zero-order valence-corrected chi connectivity index (χ0v) is 14.4. The van der Waals surface area contributed by atoms with E-state index in [9.17, 15) is 4.79 Å². The third-order valence-electron chi connectivity index (χ3n) is 3.86. The summed E-state index contributed by atoms with van der Waals surface area (Å²) >= 11 is 3.08. The van der Waals surface area contributed by atoms with Crippen LogP contribution >= 0.6 is 22.7 Å². The highest BCUT2D eigenvalue weighted by Crippen LogP contribution is 2.32. The number of aromatic nitrogens is 1. The molecule has 0 atom stereocenters. The summed E-state index contributed by atoms with van der Waals surface area (Å²) in [7, 11) is 0. The summed E-state index contributed by atoms with van der Waals surface area (Å²) in [6.07, 6.45) is 3.41. The third-order valence-corrected chi connectivity index (χ3v) is 6.03. The van der Waals surface area contributed by atoms with Gasteiger partial charge in [-0.05, 0) is 56.0 Å². The molecule has 3 aromatic rings. The van der Waals surface area contributed by atoms with Crippen LogP contribution in [-0.2, 0) is 12.8 Å². The molecule has 1 N–H and O–H groups in total. The van der Waals surface area contributed by atoms with Crippen molar-refractivity contribution in [3.8, 4) is 5.75 Å². The van der Waals surface area contributed by atoms with E-state index in [0.717, 1.165) is 33.7 Å². The number of carbonyl (C=O) groups is 1. The van der Waals surface area contributed by atoms with E-state index in [2.05, 4.69) is 10.3 Å². The van der Waals surface area contributed by atoms with Gasteiger partial charge in [0.05, 0.1) is 21.7 Å². The summed E-state index contributed by atoms with van der Waals surface area (Å²) in [5, 5.41) is 3.56. The second-order valence-corrected chi connectivity index (χ2v) is 7.62. The number of fused-ring (bicyclic) bond motifs is 2. The van der Waals surface area contributed by atoms with Crippen LogP contribution in [-0.4, -0.2) is 17.5 Å². The first-order valence-electron chi connectivity index (χ1n) is 7.69. The molecular weight excluding hydrogens is 328 g/mol. The number of carbonyl (C=O) groups excluding carboxylic acids is 1. The van der Waals surface area contributed by atoms with Gasteiger partial charge in [-0.1, -0.05) is 11.3 Å². The quantitative estimate of drug-likeness (QED) is 0.758. The number of aryl methyl sites for hydroxylation is 2. The molecule has 118 valence electrons. The SMILES string of the molecule is CCOc1ccc2nc(NC(=O)c3cc4c(s3)CCC4)sc2c1. The number of benzene rings is 1. The minimum Gasteiger partial charge on any atom is -0.494 e. The normalized spacial score (nSPS) is 13.3. The maximum absolute atomic E-state index is 12.4. The molecule has 4 rings (SSSR count). The monoisotopic (exact) mass is 344 g/mol. The van der Waals surface area contributed by atoms with Crippen molar-refractivity contribution in [2.75, 3.05) is 11.9 Å². The fraction of sp³-hybridized carbons (Fsp3) is 0.294. The van der Waals surface area contributed by atoms with Gasteiger partial charge in [0, 0.05) is 4.88 Å². The molecular formula is C17H16N2O2S2. The topological polar surface area (TPSA) is 51.2 Å². The van der Waals surface area contributed by atoms with Crippen LogP contribution in [0.4, 0.5) is 5.13 Å². The Morgan fingerprint density at radius 3 is 3.04 bits per heavy atom. The van der Waals surface area contributed by atoms with Crippen LogP contribution in [0.25, 0.3) is 10.2 Å². The van der Waals surface area contributed by atoms with Crippen molar-refractivity contribution in [1.29, 1.82) is 0 Å². The second kappa shape index (κ2) is 5.94. The minimum absolute atomic E-state index is 0.0616. The van der Waals surface area contributed by atoms with Crippen molar-refractivity contribution in [2.45, 2.75) is 26.2 Å². The summed E-state index contributed by atoms with van der Waals surface area (Å²) in [5.74, 6) is 0.768. The number of anilines is 1. The van der Waals surface area contributed by atoms with Gasteiger partial charge in [-0.2, -0.15) is 0 Å². The molecule has 1 aromatic carbocycles. The first-order chi connectivity index (χ1) is 11.2. The fourth-order valence-electron chi connectivity index (χ4n) is 2.81. The highest BCUT2D eigenvalue weighted by Gasteiger charge is 2.19. The molecule has 0 radical (unpaired) electrons. The Labute approximate surface area is 142 Å². The molecule has 0 fully saturated rings. The van der Waals surface area contributed by atoms with E-state index >= 15 is 0 Å². The lowest BCUT2D eigenvalue weighted by molar-refractivity contribution is 0.103. The average Bonchev–Trinajstić information content (AvgIpc) is 3.19. The van der Waals surface area contributed by atoms with Crippen LogP contribution in [0.15, 0.2) is 24.3 Å². The van der Waals surface area contributed by atoms with Crippen molar-refractivity contribution in [1.82, 2.24) is 4.98 Å². The van der Waals surface area contributed by atoms with E-state index in [1.807, 2.05) is 31.2 Å². The van der Waals surface area contributed by atoms with Crippen molar-refractivity contribution in [2.24, 2.45) is 0 Å². The van der Waals surface area contributed by atoms with Gasteiger partial charge < -0.3 is 4.74 Å². The van der Waals surface area contributed by atoms with E-state index < -0.39 is 0 Å².